The first-order chi connectivity index (χ1) is 6.83. The van der Waals surface area contributed by atoms with Gasteiger partial charge in [-0.15, -0.1) is 0 Å². The van der Waals surface area contributed by atoms with Gasteiger partial charge in [-0.2, -0.15) is 0 Å². The highest BCUT2D eigenvalue weighted by molar-refractivity contribution is 4.67. The molecule has 84 valence electrons. The lowest BCUT2D eigenvalue weighted by Crippen LogP contribution is -2.20. The largest absolute Gasteiger partial charge is 0.378 e. The van der Waals surface area contributed by atoms with Gasteiger partial charge in [-0.3, -0.25) is 0 Å². The van der Waals surface area contributed by atoms with E-state index in [0.717, 1.165) is 6.61 Å². The summed E-state index contributed by atoms with van der Waals surface area (Å²) in [6, 6.07) is 0.427. The Morgan fingerprint density at radius 1 is 1.36 bits per heavy atom. The monoisotopic (exact) mass is 199 g/mol. The number of unbranched alkanes of at least 4 members (excludes halogenated alkanes) is 1. The van der Waals surface area contributed by atoms with Crippen LogP contribution in [-0.2, 0) is 4.74 Å². The van der Waals surface area contributed by atoms with Crippen LogP contribution in [0.4, 0.5) is 0 Å². The van der Waals surface area contributed by atoms with Gasteiger partial charge in [-0.1, -0.05) is 19.8 Å². The standard InChI is InChI=1S/C12H25NO/c1-2-3-6-11(13)7-4-8-12-9-5-10-14-12/h11-12H,2-10,13H2,1H3. The maximum absolute atomic E-state index is 6.00. The van der Waals surface area contributed by atoms with E-state index in [1.165, 1.54) is 51.4 Å². The minimum absolute atomic E-state index is 0.427. The second-order valence-electron chi connectivity index (χ2n) is 4.47. The molecule has 2 heteroatoms. The molecule has 0 saturated carbocycles. The van der Waals surface area contributed by atoms with Crippen LogP contribution in [0.2, 0.25) is 0 Å². The Labute approximate surface area is 88.2 Å². The van der Waals surface area contributed by atoms with E-state index < -0.39 is 0 Å². The third kappa shape index (κ3) is 4.97. The van der Waals surface area contributed by atoms with Crippen molar-refractivity contribution < 1.29 is 4.74 Å². The van der Waals surface area contributed by atoms with Crippen LogP contribution in [0.1, 0.15) is 58.3 Å². The Bertz CT molecular complexity index is 132. The fraction of sp³-hybridized carbons (Fsp3) is 1.00. The molecule has 2 atom stereocenters. The predicted molar refractivity (Wildman–Crippen MR) is 60.3 cm³/mol. The minimum Gasteiger partial charge on any atom is -0.378 e. The molecule has 1 fully saturated rings. The molecule has 0 spiro atoms. The van der Waals surface area contributed by atoms with Crippen LogP contribution >= 0.6 is 0 Å². The van der Waals surface area contributed by atoms with E-state index in [-0.39, 0.29) is 0 Å². The molecule has 1 saturated heterocycles. The zero-order valence-electron chi connectivity index (χ0n) is 9.50. The number of hydrogen-bond acceptors (Lipinski definition) is 2. The molecule has 2 unspecified atom stereocenters. The number of rotatable bonds is 7. The van der Waals surface area contributed by atoms with Crippen LogP contribution in [0.3, 0.4) is 0 Å². The Hall–Kier alpha value is -0.0800. The van der Waals surface area contributed by atoms with Crippen molar-refractivity contribution in [2.75, 3.05) is 6.61 Å². The maximum atomic E-state index is 6.00. The summed E-state index contributed by atoms with van der Waals surface area (Å²) < 4.78 is 5.58. The molecule has 14 heavy (non-hydrogen) atoms. The van der Waals surface area contributed by atoms with E-state index in [1.807, 2.05) is 0 Å². The molecular weight excluding hydrogens is 174 g/mol. The topological polar surface area (TPSA) is 35.2 Å². The van der Waals surface area contributed by atoms with Crippen molar-refractivity contribution in [3.05, 3.63) is 0 Å². The van der Waals surface area contributed by atoms with Crippen LogP contribution in [0.25, 0.3) is 0 Å². The van der Waals surface area contributed by atoms with Crippen molar-refractivity contribution >= 4 is 0 Å². The molecule has 1 aliphatic heterocycles. The fourth-order valence-electron chi connectivity index (χ4n) is 2.09. The van der Waals surface area contributed by atoms with E-state index in [2.05, 4.69) is 6.92 Å². The van der Waals surface area contributed by atoms with Crippen LogP contribution in [-0.4, -0.2) is 18.8 Å². The van der Waals surface area contributed by atoms with Crippen LogP contribution in [0.5, 0.6) is 0 Å². The van der Waals surface area contributed by atoms with E-state index in [9.17, 15) is 0 Å². The van der Waals surface area contributed by atoms with Gasteiger partial charge in [-0.05, 0) is 38.5 Å². The predicted octanol–water partition coefficient (Wildman–Crippen LogP) is 2.85. The Morgan fingerprint density at radius 3 is 2.79 bits per heavy atom. The Morgan fingerprint density at radius 2 is 2.14 bits per heavy atom. The quantitative estimate of drug-likeness (QED) is 0.684. The molecule has 0 aromatic heterocycles. The van der Waals surface area contributed by atoms with Crippen LogP contribution < -0.4 is 5.73 Å². The molecule has 0 aromatic rings. The summed E-state index contributed by atoms with van der Waals surface area (Å²) in [4.78, 5) is 0. The first-order valence-corrected chi connectivity index (χ1v) is 6.20. The van der Waals surface area contributed by atoms with Crippen molar-refractivity contribution in [3.63, 3.8) is 0 Å². The average Bonchev–Trinajstić information content (AvgIpc) is 2.67. The highest BCUT2D eigenvalue weighted by Crippen LogP contribution is 2.18. The normalized spacial score (nSPS) is 24.0. The molecule has 0 radical (unpaired) electrons. The Balaban J connectivity index is 1.91. The smallest absolute Gasteiger partial charge is 0.0576 e. The van der Waals surface area contributed by atoms with Gasteiger partial charge >= 0.3 is 0 Å². The summed E-state index contributed by atoms with van der Waals surface area (Å²) in [5.74, 6) is 0. The second-order valence-corrected chi connectivity index (χ2v) is 4.47. The second kappa shape index (κ2) is 7.24. The summed E-state index contributed by atoms with van der Waals surface area (Å²) in [5, 5.41) is 0. The van der Waals surface area contributed by atoms with E-state index >= 15 is 0 Å². The van der Waals surface area contributed by atoms with Gasteiger partial charge < -0.3 is 10.5 Å². The molecule has 0 aliphatic carbocycles. The fourth-order valence-corrected chi connectivity index (χ4v) is 2.09. The zero-order valence-corrected chi connectivity index (χ0v) is 9.50. The molecule has 1 aliphatic rings. The minimum atomic E-state index is 0.427. The van der Waals surface area contributed by atoms with Gasteiger partial charge in [0, 0.05) is 12.6 Å². The van der Waals surface area contributed by atoms with Gasteiger partial charge in [-0.25, -0.2) is 0 Å². The summed E-state index contributed by atoms with van der Waals surface area (Å²) >= 11 is 0. The van der Waals surface area contributed by atoms with Crippen LogP contribution in [0, 0.1) is 0 Å². The third-order valence-electron chi connectivity index (χ3n) is 3.05. The first-order valence-electron chi connectivity index (χ1n) is 6.20. The molecule has 0 bridgehead atoms. The molecule has 1 heterocycles. The summed E-state index contributed by atoms with van der Waals surface area (Å²) in [6.07, 6.45) is 10.5. The highest BCUT2D eigenvalue weighted by Gasteiger charge is 2.15. The van der Waals surface area contributed by atoms with Crippen molar-refractivity contribution in [1.82, 2.24) is 0 Å². The van der Waals surface area contributed by atoms with E-state index in [0.29, 0.717) is 12.1 Å². The summed E-state index contributed by atoms with van der Waals surface area (Å²) in [5.41, 5.74) is 6.00. The lowest BCUT2D eigenvalue weighted by atomic mass is 10.0. The van der Waals surface area contributed by atoms with E-state index in [1.54, 1.807) is 0 Å². The average molecular weight is 199 g/mol. The molecule has 2 nitrogen and oxygen atoms in total. The highest BCUT2D eigenvalue weighted by atomic mass is 16.5. The van der Waals surface area contributed by atoms with Crippen molar-refractivity contribution in [3.8, 4) is 0 Å². The molecule has 2 N–H and O–H groups in total. The zero-order chi connectivity index (χ0) is 10.2. The van der Waals surface area contributed by atoms with Gasteiger partial charge in [0.2, 0.25) is 0 Å². The van der Waals surface area contributed by atoms with Crippen LogP contribution in [0.15, 0.2) is 0 Å². The lowest BCUT2D eigenvalue weighted by Gasteiger charge is -2.12. The lowest BCUT2D eigenvalue weighted by molar-refractivity contribution is 0.101. The van der Waals surface area contributed by atoms with Gasteiger partial charge in [0.25, 0.3) is 0 Å². The SMILES string of the molecule is CCCCC(N)CCCC1CCCO1. The summed E-state index contributed by atoms with van der Waals surface area (Å²) in [6.45, 7) is 3.20. The Kier molecular flexibility index (Phi) is 6.20. The number of nitrogens with two attached hydrogens (primary N) is 1. The van der Waals surface area contributed by atoms with E-state index in [4.69, 9.17) is 10.5 Å². The molecule has 1 rings (SSSR count). The van der Waals surface area contributed by atoms with Crippen molar-refractivity contribution in [2.45, 2.75) is 70.4 Å². The van der Waals surface area contributed by atoms with Gasteiger partial charge in [0.1, 0.15) is 0 Å². The molecule has 0 aromatic carbocycles. The summed E-state index contributed by atoms with van der Waals surface area (Å²) in [7, 11) is 0. The first kappa shape index (κ1) is 12.0. The third-order valence-corrected chi connectivity index (χ3v) is 3.05. The van der Waals surface area contributed by atoms with Gasteiger partial charge in [0.05, 0.1) is 6.10 Å². The van der Waals surface area contributed by atoms with Crippen molar-refractivity contribution in [1.29, 1.82) is 0 Å². The number of hydrogen-bond donors (Lipinski definition) is 1. The van der Waals surface area contributed by atoms with Crippen molar-refractivity contribution in [2.24, 2.45) is 5.73 Å². The number of ether oxygens (including phenoxy) is 1. The molecular formula is C12H25NO. The maximum Gasteiger partial charge on any atom is 0.0576 e. The molecule has 0 amide bonds. The van der Waals surface area contributed by atoms with Gasteiger partial charge in [0.15, 0.2) is 0 Å².